The van der Waals surface area contributed by atoms with Gasteiger partial charge in [0.1, 0.15) is 0 Å². The van der Waals surface area contributed by atoms with Gasteiger partial charge in [-0.15, -0.1) is 4.31 Å². The molecule has 1 saturated heterocycles. The SMILES string of the molecule is O=C1N(c2ccccc2)c2ccccc2C12CCN([S+](=O)([O-])c1ccccc1)C2. The first-order chi connectivity index (χ1) is 14.0. The lowest BCUT2D eigenvalue weighted by atomic mass is 9.81. The summed E-state index contributed by atoms with van der Waals surface area (Å²) in [5.74, 6) is -0.0596. The lowest BCUT2D eigenvalue weighted by molar-refractivity contribution is -0.122. The zero-order valence-electron chi connectivity index (χ0n) is 15.7. The van der Waals surface area contributed by atoms with Crippen molar-refractivity contribution in [3.63, 3.8) is 0 Å². The molecule has 1 amide bonds. The number of anilines is 2. The first-order valence-corrected chi connectivity index (χ1v) is 11.0. The lowest BCUT2D eigenvalue weighted by Crippen LogP contribution is -2.43. The van der Waals surface area contributed by atoms with Crippen LogP contribution in [0.5, 0.6) is 0 Å². The summed E-state index contributed by atoms with van der Waals surface area (Å²) in [6.07, 6.45) is 0.470. The smallest absolute Gasteiger partial charge is 0.243 e. The predicted octanol–water partition coefficient (Wildman–Crippen LogP) is 3.91. The van der Waals surface area contributed by atoms with E-state index in [4.69, 9.17) is 0 Å². The largest absolute Gasteiger partial charge is 0.593 e. The van der Waals surface area contributed by atoms with Crippen LogP contribution in [0, 0.1) is 0 Å². The normalized spacial score (nSPS) is 23.3. The molecule has 146 valence electrons. The Kier molecular flexibility index (Phi) is 4.17. The van der Waals surface area contributed by atoms with Gasteiger partial charge in [-0.2, -0.15) is 0 Å². The van der Waals surface area contributed by atoms with Gasteiger partial charge < -0.3 is 4.55 Å². The van der Waals surface area contributed by atoms with E-state index in [1.165, 1.54) is 4.31 Å². The monoisotopic (exact) mass is 404 g/mol. The molecular weight excluding hydrogens is 384 g/mol. The number of carbonyl (C=O) groups is 1. The van der Waals surface area contributed by atoms with E-state index in [-0.39, 0.29) is 17.3 Å². The number of rotatable bonds is 3. The molecule has 0 N–H and O–H groups in total. The van der Waals surface area contributed by atoms with E-state index >= 15 is 0 Å². The van der Waals surface area contributed by atoms with Crippen LogP contribution in [-0.2, 0) is 24.8 Å². The van der Waals surface area contributed by atoms with E-state index < -0.39 is 15.8 Å². The number of carbonyl (C=O) groups excluding carboxylic acids is 1. The van der Waals surface area contributed by atoms with Gasteiger partial charge in [0.2, 0.25) is 5.91 Å². The number of fused-ring (bicyclic) bond motifs is 2. The molecule has 3 aromatic rings. The van der Waals surface area contributed by atoms with Crippen molar-refractivity contribution in [3.8, 4) is 0 Å². The van der Waals surface area contributed by atoms with Crippen LogP contribution in [0.4, 0.5) is 11.4 Å². The molecule has 1 spiro atoms. The third-order valence-corrected chi connectivity index (χ3v) is 7.76. The summed E-state index contributed by atoms with van der Waals surface area (Å²) in [5, 5.41) is 0. The molecule has 2 unspecified atom stereocenters. The van der Waals surface area contributed by atoms with Crippen LogP contribution in [0.25, 0.3) is 0 Å². The Labute approximate surface area is 171 Å². The Morgan fingerprint density at radius 2 is 1.48 bits per heavy atom. The van der Waals surface area contributed by atoms with Gasteiger partial charge in [-0.05, 0) is 42.3 Å². The average molecular weight is 404 g/mol. The first-order valence-electron chi connectivity index (χ1n) is 9.58. The molecule has 0 aliphatic carbocycles. The number of hydrogen-bond acceptors (Lipinski definition) is 3. The minimum atomic E-state index is -3.65. The zero-order valence-corrected chi connectivity index (χ0v) is 16.5. The molecule has 2 aliphatic rings. The maximum atomic E-state index is 13.7. The van der Waals surface area contributed by atoms with Gasteiger partial charge in [-0.25, -0.2) is 0 Å². The van der Waals surface area contributed by atoms with Crippen molar-refractivity contribution in [2.75, 3.05) is 18.0 Å². The van der Waals surface area contributed by atoms with E-state index in [0.29, 0.717) is 13.0 Å². The second kappa shape index (κ2) is 6.62. The third-order valence-electron chi connectivity index (χ3n) is 5.90. The highest BCUT2D eigenvalue weighted by atomic mass is 32.3. The van der Waals surface area contributed by atoms with Crippen molar-refractivity contribution in [1.29, 1.82) is 0 Å². The van der Waals surface area contributed by atoms with Crippen molar-refractivity contribution in [2.45, 2.75) is 16.7 Å². The fraction of sp³-hybridized carbons (Fsp3) is 0.174. The van der Waals surface area contributed by atoms with E-state index in [9.17, 15) is 13.6 Å². The third kappa shape index (κ3) is 2.68. The van der Waals surface area contributed by atoms with E-state index in [1.807, 2.05) is 54.6 Å². The standard InChI is InChI=1S/C23H20N2O3S/c26-22-23(15-16-24(17-23)29(27,28)19-11-5-2-6-12-19)20-13-7-8-14-21(20)25(22)18-9-3-1-4-10-18/h1-14H,15-17H2. The summed E-state index contributed by atoms with van der Waals surface area (Å²) >= 11 is 0. The van der Waals surface area contributed by atoms with Crippen LogP contribution >= 0.6 is 0 Å². The molecule has 0 radical (unpaired) electrons. The number of nitrogens with zero attached hydrogens (tertiary/aromatic N) is 2. The number of hydrogen-bond donors (Lipinski definition) is 0. The Morgan fingerprint density at radius 1 is 0.862 bits per heavy atom. The molecule has 5 rings (SSSR count). The first kappa shape index (κ1) is 18.2. The molecule has 29 heavy (non-hydrogen) atoms. The van der Waals surface area contributed by atoms with Crippen LogP contribution in [0.1, 0.15) is 12.0 Å². The van der Waals surface area contributed by atoms with Crippen molar-refractivity contribution < 1.29 is 13.6 Å². The van der Waals surface area contributed by atoms with E-state index in [1.54, 1.807) is 35.2 Å². The molecular formula is C23H20N2O3S. The fourth-order valence-corrected chi connectivity index (χ4v) is 5.98. The van der Waals surface area contributed by atoms with Gasteiger partial charge >= 0.3 is 0 Å². The molecule has 0 saturated carbocycles. The second-order valence-electron chi connectivity index (χ2n) is 7.48. The highest BCUT2D eigenvalue weighted by Crippen LogP contribution is 2.50. The Morgan fingerprint density at radius 3 is 2.21 bits per heavy atom. The molecule has 2 aliphatic heterocycles. The predicted molar refractivity (Wildman–Crippen MR) is 111 cm³/mol. The van der Waals surface area contributed by atoms with Crippen molar-refractivity contribution in [3.05, 3.63) is 90.5 Å². The van der Waals surface area contributed by atoms with Gasteiger partial charge in [0.15, 0.2) is 15.3 Å². The number of para-hydroxylation sites is 2. The molecule has 1 fully saturated rings. The quantitative estimate of drug-likeness (QED) is 0.622. The van der Waals surface area contributed by atoms with Gasteiger partial charge in [0.25, 0.3) is 0 Å². The second-order valence-corrected chi connectivity index (χ2v) is 9.41. The van der Waals surface area contributed by atoms with Gasteiger partial charge in [0, 0.05) is 12.2 Å². The van der Waals surface area contributed by atoms with Crippen LogP contribution in [0.3, 0.4) is 0 Å². The Hall–Kier alpha value is -2.80. The van der Waals surface area contributed by atoms with E-state index in [0.717, 1.165) is 16.9 Å². The number of sulfonamides is 1. The molecule has 3 aromatic carbocycles. The van der Waals surface area contributed by atoms with E-state index in [2.05, 4.69) is 0 Å². The topological polar surface area (TPSA) is 63.7 Å². The molecule has 5 nitrogen and oxygen atoms in total. The Balaban J connectivity index is 1.56. The summed E-state index contributed by atoms with van der Waals surface area (Å²) in [4.78, 5) is 15.7. The highest BCUT2D eigenvalue weighted by Gasteiger charge is 2.58. The van der Waals surface area contributed by atoms with Crippen LogP contribution in [0.2, 0.25) is 0 Å². The van der Waals surface area contributed by atoms with Crippen molar-refractivity contribution in [1.82, 2.24) is 4.31 Å². The summed E-state index contributed by atoms with van der Waals surface area (Å²) in [7, 11) is -3.65. The molecule has 0 bridgehead atoms. The molecule has 6 heteroatoms. The van der Waals surface area contributed by atoms with Crippen molar-refractivity contribution in [2.24, 2.45) is 0 Å². The maximum absolute atomic E-state index is 13.7. The summed E-state index contributed by atoms with van der Waals surface area (Å²) < 4.78 is 27.7. The minimum Gasteiger partial charge on any atom is -0.593 e. The Bertz CT molecular complexity index is 1120. The van der Waals surface area contributed by atoms with Crippen molar-refractivity contribution >= 4 is 27.7 Å². The summed E-state index contributed by atoms with van der Waals surface area (Å²) in [6, 6.07) is 25.6. The molecule has 2 atom stereocenters. The lowest BCUT2D eigenvalue weighted by Gasteiger charge is -2.26. The fourth-order valence-electron chi connectivity index (χ4n) is 4.46. The minimum absolute atomic E-state index is 0.0596. The van der Waals surface area contributed by atoms with Crippen LogP contribution in [-0.4, -0.2) is 27.9 Å². The van der Waals surface area contributed by atoms with Crippen LogP contribution < -0.4 is 4.90 Å². The van der Waals surface area contributed by atoms with Crippen LogP contribution in [0.15, 0.2) is 89.8 Å². The summed E-state index contributed by atoms with van der Waals surface area (Å²) in [5.41, 5.74) is 1.68. The van der Waals surface area contributed by atoms with Gasteiger partial charge in [-0.3, -0.25) is 9.69 Å². The number of benzene rings is 3. The molecule has 2 heterocycles. The van der Waals surface area contributed by atoms with Gasteiger partial charge in [0.05, 0.1) is 17.6 Å². The van der Waals surface area contributed by atoms with Gasteiger partial charge in [-0.1, -0.05) is 58.8 Å². The number of amides is 1. The summed E-state index contributed by atoms with van der Waals surface area (Å²) in [6.45, 7) is 0.476. The zero-order chi connectivity index (χ0) is 20.1. The average Bonchev–Trinajstić information content (AvgIpc) is 3.32. The molecule has 0 aromatic heterocycles. The highest BCUT2D eigenvalue weighted by molar-refractivity contribution is 7.95. The maximum Gasteiger partial charge on any atom is 0.243 e.